The van der Waals surface area contributed by atoms with Gasteiger partial charge >= 0.3 is 6.18 Å². The molecule has 0 aliphatic carbocycles. The second-order valence-corrected chi connectivity index (χ2v) is 3.85. The first kappa shape index (κ1) is 17.0. The van der Waals surface area contributed by atoms with Crippen molar-refractivity contribution in [2.45, 2.75) is 33.4 Å². The fourth-order valence-corrected chi connectivity index (χ4v) is 1.51. The zero-order valence-corrected chi connectivity index (χ0v) is 11.7. The molecule has 0 bridgehead atoms. The van der Waals surface area contributed by atoms with Gasteiger partial charge in [-0.05, 0) is 12.5 Å². The molecule has 0 radical (unpaired) electrons. The number of hydrogen-bond donors (Lipinski definition) is 0. The van der Waals surface area contributed by atoms with E-state index in [1.165, 1.54) is 0 Å². The van der Waals surface area contributed by atoms with E-state index in [4.69, 9.17) is 11.6 Å². The van der Waals surface area contributed by atoms with E-state index >= 15 is 0 Å². The second kappa shape index (κ2) is 7.46. The minimum absolute atomic E-state index is 0.276. The summed E-state index contributed by atoms with van der Waals surface area (Å²) in [7, 11) is 1.69. The summed E-state index contributed by atoms with van der Waals surface area (Å²) < 4.78 is 37.6. The molecule has 0 saturated heterocycles. The van der Waals surface area contributed by atoms with Crippen LogP contribution in [0.4, 0.5) is 19.0 Å². The number of halogens is 4. The molecule has 0 fully saturated rings. The van der Waals surface area contributed by atoms with Crippen LogP contribution in [-0.4, -0.2) is 18.6 Å². The molecule has 0 saturated carbocycles. The Bertz CT molecular complexity index is 367. The number of aromatic nitrogens is 1. The van der Waals surface area contributed by atoms with Crippen LogP contribution in [0, 0.1) is 0 Å². The molecule has 0 amide bonds. The molecule has 0 aliphatic heterocycles. The standard InChI is InChI=1S/C10H12ClF3N2.C2H6/c1-3-4-16(2)9-5-7(10(12,13)14)8(11)6-15-9;1-2/h5-6H,3-4H2,1-2H3;1-2H3. The topological polar surface area (TPSA) is 16.1 Å². The third-order valence-electron chi connectivity index (χ3n) is 2.10. The molecule has 0 N–H and O–H groups in total. The van der Waals surface area contributed by atoms with Gasteiger partial charge < -0.3 is 4.90 Å². The maximum absolute atomic E-state index is 12.5. The van der Waals surface area contributed by atoms with Gasteiger partial charge in [-0.2, -0.15) is 13.2 Å². The van der Waals surface area contributed by atoms with Crippen molar-refractivity contribution in [1.29, 1.82) is 0 Å². The fourth-order valence-electron chi connectivity index (χ4n) is 1.30. The largest absolute Gasteiger partial charge is 0.418 e. The molecule has 1 rings (SSSR count). The predicted molar refractivity (Wildman–Crippen MR) is 69.2 cm³/mol. The SMILES string of the molecule is CC.CCCN(C)c1cc(C(F)(F)F)c(Cl)cn1. The first-order valence-corrected chi connectivity index (χ1v) is 6.18. The Morgan fingerprint density at radius 3 is 2.33 bits per heavy atom. The number of rotatable bonds is 3. The van der Waals surface area contributed by atoms with Gasteiger partial charge in [-0.25, -0.2) is 4.98 Å². The Morgan fingerprint density at radius 1 is 1.33 bits per heavy atom. The van der Waals surface area contributed by atoms with E-state index in [9.17, 15) is 13.2 Å². The Labute approximate surface area is 111 Å². The van der Waals surface area contributed by atoms with E-state index < -0.39 is 11.7 Å². The van der Waals surface area contributed by atoms with Crippen molar-refractivity contribution in [2.75, 3.05) is 18.5 Å². The lowest BCUT2D eigenvalue weighted by atomic mass is 10.2. The third kappa shape index (κ3) is 4.72. The number of hydrogen-bond acceptors (Lipinski definition) is 2. The monoisotopic (exact) mass is 282 g/mol. The van der Waals surface area contributed by atoms with Crippen molar-refractivity contribution < 1.29 is 13.2 Å². The molecule has 0 aromatic carbocycles. The van der Waals surface area contributed by atoms with E-state index in [1.54, 1.807) is 11.9 Å². The third-order valence-corrected chi connectivity index (χ3v) is 2.40. The summed E-state index contributed by atoms with van der Waals surface area (Å²) in [5, 5.41) is -0.374. The van der Waals surface area contributed by atoms with E-state index in [1.807, 2.05) is 20.8 Å². The van der Waals surface area contributed by atoms with Crippen molar-refractivity contribution in [2.24, 2.45) is 0 Å². The highest BCUT2D eigenvalue weighted by Crippen LogP contribution is 2.35. The van der Waals surface area contributed by atoms with Crippen LogP contribution in [0.5, 0.6) is 0 Å². The van der Waals surface area contributed by atoms with Gasteiger partial charge in [0, 0.05) is 19.8 Å². The summed E-state index contributed by atoms with van der Waals surface area (Å²) >= 11 is 5.46. The summed E-state index contributed by atoms with van der Waals surface area (Å²) in [6.07, 6.45) is -2.57. The Kier molecular flexibility index (Phi) is 7.06. The van der Waals surface area contributed by atoms with Gasteiger partial charge in [0.15, 0.2) is 0 Å². The Balaban J connectivity index is 0.00000137. The van der Waals surface area contributed by atoms with Gasteiger partial charge in [-0.1, -0.05) is 32.4 Å². The van der Waals surface area contributed by atoms with Crippen LogP contribution < -0.4 is 4.90 Å². The quantitative estimate of drug-likeness (QED) is 0.804. The fraction of sp³-hybridized carbons (Fsp3) is 0.583. The Morgan fingerprint density at radius 2 is 1.89 bits per heavy atom. The second-order valence-electron chi connectivity index (χ2n) is 3.44. The van der Waals surface area contributed by atoms with Crippen LogP contribution in [0.15, 0.2) is 12.3 Å². The predicted octanol–water partition coefficient (Wildman–Crippen LogP) is 4.63. The van der Waals surface area contributed by atoms with Crippen molar-refractivity contribution >= 4 is 17.4 Å². The molecule has 0 aliphatic rings. The summed E-state index contributed by atoms with van der Waals surface area (Å²) in [5.41, 5.74) is -0.845. The Hall–Kier alpha value is -0.970. The summed E-state index contributed by atoms with van der Waals surface area (Å²) in [6, 6.07) is 0.970. The number of nitrogens with zero attached hydrogens (tertiary/aromatic N) is 2. The normalized spacial score (nSPS) is 10.7. The molecule has 1 aromatic heterocycles. The van der Waals surface area contributed by atoms with Gasteiger partial charge in [0.25, 0.3) is 0 Å². The zero-order valence-electron chi connectivity index (χ0n) is 11.0. The first-order chi connectivity index (χ1) is 8.36. The summed E-state index contributed by atoms with van der Waals surface area (Å²) in [4.78, 5) is 5.52. The lowest BCUT2D eigenvalue weighted by Crippen LogP contribution is -2.20. The molecule has 0 unspecified atom stereocenters. The molecule has 1 aromatic rings. The lowest BCUT2D eigenvalue weighted by Gasteiger charge is -2.18. The van der Waals surface area contributed by atoms with Gasteiger partial charge in [-0.15, -0.1) is 0 Å². The smallest absolute Gasteiger partial charge is 0.360 e. The van der Waals surface area contributed by atoms with Crippen molar-refractivity contribution in [3.05, 3.63) is 22.8 Å². The molecule has 2 nitrogen and oxygen atoms in total. The molecule has 6 heteroatoms. The minimum atomic E-state index is -4.44. The average Bonchev–Trinajstić information content (AvgIpc) is 2.31. The van der Waals surface area contributed by atoms with E-state index in [2.05, 4.69) is 4.98 Å². The van der Waals surface area contributed by atoms with Crippen LogP contribution in [0.1, 0.15) is 32.8 Å². The number of alkyl halides is 3. The molecule has 1 heterocycles. The molecule has 104 valence electrons. The highest BCUT2D eigenvalue weighted by atomic mass is 35.5. The molecule has 0 spiro atoms. The van der Waals surface area contributed by atoms with E-state index in [0.29, 0.717) is 6.54 Å². The lowest BCUT2D eigenvalue weighted by molar-refractivity contribution is -0.137. The molecular weight excluding hydrogens is 265 g/mol. The average molecular weight is 283 g/mol. The maximum atomic E-state index is 12.5. The zero-order chi connectivity index (χ0) is 14.3. The number of pyridine rings is 1. The summed E-state index contributed by atoms with van der Waals surface area (Å²) in [6.45, 7) is 6.59. The van der Waals surface area contributed by atoms with E-state index in [-0.39, 0.29) is 10.8 Å². The van der Waals surface area contributed by atoms with Crippen LogP contribution in [-0.2, 0) is 6.18 Å². The highest BCUT2D eigenvalue weighted by Gasteiger charge is 2.34. The minimum Gasteiger partial charge on any atom is -0.360 e. The van der Waals surface area contributed by atoms with Crippen molar-refractivity contribution in [3.63, 3.8) is 0 Å². The van der Waals surface area contributed by atoms with Crippen LogP contribution >= 0.6 is 11.6 Å². The van der Waals surface area contributed by atoms with Crippen LogP contribution in [0.25, 0.3) is 0 Å². The van der Waals surface area contributed by atoms with Crippen LogP contribution in [0.2, 0.25) is 5.02 Å². The maximum Gasteiger partial charge on any atom is 0.418 e. The van der Waals surface area contributed by atoms with Gasteiger partial charge in [-0.3, -0.25) is 0 Å². The van der Waals surface area contributed by atoms with Gasteiger partial charge in [0.2, 0.25) is 0 Å². The molecule has 0 atom stereocenters. The molecular formula is C12H18ClF3N2. The van der Waals surface area contributed by atoms with Crippen molar-refractivity contribution in [3.8, 4) is 0 Å². The van der Waals surface area contributed by atoms with E-state index in [0.717, 1.165) is 18.7 Å². The number of anilines is 1. The van der Waals surface area contributed by atoms with Gasteiger partial charge in [0.1, 0.15) is 5.82 Å². The van der Waals surface area contributed by atoms with Crippen molar-refractivity contribution in [1.82, 2.24) is 4.98 Å². The highest BCUT2D eigenvalue weighted by molar-refractivity contribution is 6.31. The molecule has 18 heavy (non-hydrogen) atoms. The van der Waals surface area contributed by atoms with Gasteiger partial charge in [0.05, 0.1) is 10.6 Å². The van der Waals surface area contributed by atoms with Crippen LogP contribution in [0.3, 0.4) is 0 Å². The summed E-state index contributed by atoms with van der Waals surface area (Å²) in [5.74, 6) is 0.276. The first-order valence-electron chi connectivity index (χ1n) is 5.80.